The van der Waals surface area contributed by atoms with Crippen LogP contribution < -0.4 is 10.6 Å². The van der Waals surface area contributed by atoms with Crippen LogP contribution in [0.25, 0.3) is 0 Å². The van der Waals surface area contributed by atoms with Crippen molar-refractivity contribution >= 4 is 21.7 Å². The Balaban J connectivity index is 2.24. The number of rotatable bonds is 2. The number of halogens is 1. The first-order valence-electron chi connectivity index (χ1n) is 5.60. The predicted octanol–water partition coefficient (Wildman–Crippen LogP) is 1.18. The van der Waals surface area contributed by atoms with Gasteiger partial charge in [-0.05, 0) is 29.8 Å². The molecular formula is C11H17BrN4O. The average Bonchev–Trinajstić information content (AvgIpc) is 2.27. The van der Waals surface area contributed by atoms with Gasteiger partial charge in [0.05, 0.1) is 16.2 Å². The van der Waals surface area contributed by atoms with E-state index in [1.807, 2.05) is 0 Å². The van der Waals surface area contributed by atoms with Gasteiger partial charge in [0.25, 0.3) is 0 Å². The molecule has 1 saturated heterocycles. The van der Waals surface area contributed by atoms with Gasteiger partial charge in [-0.1, -0.05) is 0 Å². The molecule has 0 aromatic carbocycles. The van der Waals surface area contributed by atoms with Crippen molar-refractivity contribution in [3.8, 4) is 0 Å². The van der Waals surface area contributed by atoms with Gasteiger partial charge in [-0.2, -0.15) is 0 Å². The molecule has 0 bridgehead atoms. The zero-order valence-electron chi connectivity index (χ0n) is 10.1. The standard InChI is InChI=1S/C11H17BrN4O/c1-11(2)6-16(5-8(3-13)17-11)10-9(12)4-14-7-15-10/h4,7-8H,3,5-6,13H2,1-2H3. The van der Waals surface area contributed by atoms with E-state index in [-0.39, 0.29) is 11.7 Å². The van der Waals surface area contributed by atoms with E-state index in [0.29, 0.717) is 6.54 Å². The van der Waals surface area contributed by atoms with Gasteiger partial charge < -0.3 is 15.4 Å². The van der Waals surface area contributed by atoms with Crippen LogP contribution in [0.5, 0.6) is 0 Å². The van der Waals surface area contributed by atoms with Crippen LogP contribution in [0.4, 0.5) is 5.82 Å². The fraction of sp³-hybridized carbons (Fsp3) is 0.636. The van der Waals surface area contributed by atoms with Crippen LogP contribution in [0.2, 0.25) is 0 Å². The van der Waals surface area contributed by atoms with Crippen LogP contribution >= 0.6 is 15.9 Å². The fourth-order valence-electron chi connectivity index (χ4n) is 2.12. The van der Waals surface area contributed by atoms with Gasteiger partial charge >= 0.3 is 0 Å². The summed E-state index contributed by atoms with van der Waals surface area (Å²) in [5.41, 5.74) is 5.49. The second-order valence-electron chi connectivity index (χ2n) is 4.81. The molecule has 1 aliphatic heterocycles. The Morgan fingerprint density at radius 3 is 3.06 bits per heavy atom. The van der Waals surface area contributed by atoms with Gasteiger partial charge in [-0.15, -0.1) is 0 Å². The van der Waals surface area contributed by atoms with Gasteiger partial charge in [-0.3, -0.25) is 0 Å². The second kappa shape index (κ2) is 4.88. The summed E-state index contributed by atoms with van der Waals surface area (Å²) in [6.45, 7) is 6.20. The number of aromatic nitrogens is 2. The topological polar surface area (TPSA) is 64.3 Å². The second-order valence-corrected chi connectivity index (χ2v) is 5.66. The number of hydrogen-bond donors (Lipinski definition) is 1. The molecule has 1 aromatic heterocycles. The molecule has 1 unspecified atom stereocenters. The van der Waals surface area contributed by atoms with Gasteiger partial charge in [0.2, 0.25) is 0 Å². The number of nitrogens with two attached hydrogens (primary N) is 1. The largest absolute Gasteiger partial charge is 0.367 e. The van der Waals surface area contributed by atoms with Crippen LogP contribution in [-0.4, -0.2) is 41.3 Å². The predicted molar refractivity (Wildman–Crippen MR) is 70.0 cm³/mol. The molecule has 1 aliphatic rings. The van der Waals surface area contributed by atoms with Gasteiger partial charge in [0, 0.05) is 25.8 Å². The molecule has 5 nitrogen and oxygen atoms in total. The van der Waals surface area contributed by atoms with E-state index in [0.717, 1.165) is 23.4 Å². The molecule has 6 heteroatoms. The van der Waals surface area contributed by atoms with Crippen molar-refractivity contribution in [3.05, 3.63) is 17.0 Å². The lowest BCUT2D eigenvalue weighted by atomic mass is 10.1. The summed E-state index contributed by atoms with van der Waals surface area (Å²) in [7, 11) is 0. The average molecular weight is 301 g/mol. The lowest BCUT2D eigenvalue weighted by Gasteiger charge is -2.43. The van der Waals surface area contributed by atoms with Crippen molar-refractivity contribution < 1.29 is 4.74 Å². The van der Waals surface area contributed by atoms with Crippen molar-refractivity contribution in [2.75, 3.05) is 24.5 Å². The van der Waals surface area contributed by atoms with E-state index < -0.39 is 0 Å². The van der Waals surface area contributed by atoms with Crippen LogP contribution in [0.1, 0.15) is 13.8 Å². The Labute approximate surface area is 110 Å². The lowest BCUT2D eigenvalue weighted by Crippen LogP contribution is -2.55. The molecule has 0 saturated carbocycles. The van der Waals surface area contributed by atoms with Crippen LogP contribution in [0.3, 0.4) is 0 Å². The van der Waals surface area contributed by atoms with Gasteiger partial charge in [0.1, 0.15) is 12.1 Å². The number of hydrogen-bond acceptors (Lipinski definition) is 5. The smallest absolute Gasteiger partial charge is 0.146 e. The number of anilines is 1. The maximum atomic E-state index is 5.89. The molecule has 2 rings (SSSR count). The molecule has 2 heterocycles. The minimum atomic E-state index is -0.216. The summed E-state index contributed by atoms with van der Waals surface area (Å²) in [4.78, 5) is 10.5. The summed E-state index contributed by atoms with van der Waals surface area (Å²) in [6.07, 6.45) is 3.35. The Kier molecular flexibility index (Phi) is 3.65. The van der Waals surface area contributed by atoms with Crippen molar-refractivity contribution in [2.24, 2.45) is 5.73 Å². The fourth-order valence-corrected chi connectivity index (χ4v) is 2.59. The molecule has 1 atom stereocenters. The van der Waals surface area contributed by atoms with Crippen molar-refractivity contribution in [1.29, 1.82) is 0 Å². The third-order valence-electron chi connectivity index (χ3n) is 2.69. The zero-order chi connectivity index (χ0) is 12.5. The van der Waals surface area contributed by atoms with Crippen LogP contribution in [-0.2, 0) is 4.74 Å². The van der Waals surface area contributed by atoms with E-state index in [1.165, 1.54) is 0 Å². The molecule has 0 spiro atoms. The van der Waals surface area contributed by atoms with E-state index in [4.69, 9.17) is 10.5 Å². The van der Waals surface area contributed by atoms with E-state index in [2.05, 4.69) is 44.6 Å². The first-order valence-corrected chi connectivity index (χ1v) is 6.39. The highest BCUT2D eigenvalue weighted by Crippen LogP contribution is 2.28. The Hall–Kier alpha value is -0.720. The summed E-state index contributed by atoms with van der Waals surface area (Å²) < 4.78 is 6.79. The van der Waals surface area contributed by atoms with Gasteiger partial charge in [-0.25, -0.2) is 9.97 Å². The monoisotopic (exact) mass is 300 g/mol. The first kappa shape index (κ1) is 12.7. The minimum Gasteiger partial charge on any atom is -0.367 e. The normalized spacial score (nSPS) is 23.8. The molecule has 1 aromatic rings. The Morgan fingerprint density at radius 2 is 2.41 bits per heavy atom. The summed E-state index contributed by atoms with van der Waals surface area (Å²) in [5, 5.41) is 0. The lowest BCUT2D eigenvalue weighted by molar-refractivity contribution is -0.0790. The van der Waals surface area contributed by atoms with Crippen LogP contribution in [0.15, 0.2) is 17.0 Å². The minimum absolute atomic E-state index is 0.0422. The zero-order valence-corrected chi connectivity index (χ0v) is 11.6. The molecular weight excluding hydrogens is 284 g/mol. The highest BCUT2D eigenvalue weighted by atomic mass is 79.9. The molecule has 94 valence electrons. The third-order valence-corrected chi connectivity index (χ3v) is 3.25. The number of nitrogens with zero attached hydrogens (tertiary/aromatic N) is 3. The summed E-state index contributed by atoms with van der Waals surface area (Å²) in [6, 6.07) is 0. The van der Waals surface area contributed by atoms with Crippen molar-refractivity contribution in [2.45, 2.75) is 25.6 Å². The maximum Gasteiger partial charge on any atom is 0.146 e. The highest BCUT2D eigenvalue weighted by molar-refractivity contribution is 9.10. The van der Waals surface area contributed by atoms with Crippen molar-refractivity contribution in [1.82, 2.24) is 9.97 Å². The van der Waals surface area contributed by atoms with Crippen molar-refractivity contribution in [3.63, 3.8) is 0 Å². The molecule has 1 fully saturated rings. The maximum absolute atomic E-state index is 5.89. The van der Waals surface area contributed by atoms with Gasteiger partial charge in [0.15, 0.2) is 0 Å². The number of morpholine rings is 1. The van der Waals surface area contributed by atoms with Crippen LogP contribution in [0, 0.1) is 0 Å². The Bertz CT molecular complexity index is 399. The molecule has 0 aliphatic carbocycles. The van der Waals surface area contributed by atoms with E-state index >= 15 is 0 Å². The van der Waals surface area contributed by atoms with E-state index in [1.54, 1.807) is 12.5 Å². The third kappa shape index (κ3) is 2.94. The Morgan fingerprint density at radius 1 is 1.65 bits per heavy atom. The van der Waals surface area contributed by atoms with E-state index in [9.17, 15) is 0 Å². The molecule has 0 radical (unpaired) electrons. The molecule has 2 N–H and O–H groups in total. The highest BCUT2D eigenvalue weighted by Gasteiger charge is 2.33. The summed E-state index contributed by atoms with van der Waals surface area (Å²) >= 11 is 3.47. The quantitative estimate of drug-likeness (QED) is 0.888. The molecule has 0 amide bonds. The number of ether oxygens (including phenoxy) is 1. The first-order chi connectivity index (χ1) is 8.02. The summed E-state index contributed by atoms with van der Waals surface area (Å²) in [5.74, 6) is 0.898. The molecule has 17 heavy (non-hydrogen) atoms. The SMILES string of the molecule is CC1(C)CN(c2ncncc2Br)CC(CN)O1.